The molecule has 0 aromatic heterocycles. The van der Waals surface area contributed by atoms with E-state index in [1.807, 2.05) is 49.4 Å². The fourth-order valence-corrected chi connectivity index (χ4v) is 2.70. The van der Waals surface area contributed by atoms with E-state index in [-0.39, 0.29) is 18.4 Å². The van der Waals surface area contributed by atoms with Gasteiger partial charge in [0.15, 0.2) is 0 Å². The third-order valence-electron chi connectivity index (χ3n) is 4.11. The molecular weight excluding hydrogens is 368 g/mol. The summed E-state index contributed by atoms with van der Waals surface area (Å²) in [5.74, 6) is 1.06. The van der Waals surface area contributed by atoms with Crippen molar-refractivity contribution in [3.05, 3.63) is 83.9 Å². The monoisotopic (exact) mass is 390 g/mol. The zero-order valence-corrected chi connectivity index (χ0v) is 16.3. The van der Waals surface area contributed by atoms with Crippen molar-refractivity contribution in [1.82, 2.24) is 5.32 Å². The number of anilines is 1. The second-order valence-electron chi connectivity index (χ2n) is 6.38. The van der Waals surface area contributed by atoms with E-state index in [9.17, 15) is 9.59 Å². The summed E-state index contributed by atoms with van der Waals surface area (Å²) in [4.78, 5) is 24.6. The van der Waals surface area contributed by atoms with Crippen LogP contribution in [0.3, 0.4) is 0 Å². The Bertz CT molecular complexity index is 1000. The second-order valence-corrected chi connectivity index (χ2v) is 6.38. The predicted octanol–water partition coefficient (Wildman–Crippen LogP) is 4.16. The minimum atomic E-state index is -0.366. The number of hydrogen-bond donors (Lipinski definition) is 2. The average Bonchev–Trinajstić information content (AvgIpc) is 2.73. The van der Waals surface area contributed by atoms with Gasteiger partial charge in [0, 0.05) is 5.56 Å². The van der Waals surface area contributed by atoms with E-state index >= 15 is 0 Å². The molecule has 0 fully saturated rings. The number of amides is 2. The van der Waals surface area contributed by atoms with Gasteiger partial charge >= 0.3 is 0 Å². The third kappa shape index (κ3) is 5.59. The Labute approximate surface area is 169 Å². The van der Waals surface area contributed by atoms with Crippen LogP contribution in [-0.4, -0.2) is 25.5 Å². The molecule has 0 aliphatic carbocycles. The fraction of sp³-hybridized carbons (Fsp3) is 0.130. The number of carbonyl (C=O) groups is 2. The van der Waals surface area contributed by atoms with Crippen LogP contribution in [0.2, 0.25) is 0 Å². The maximum Gasteiger partial charge on any atom is 0.251 e. The van der Waals surface area contributed by atoms with Crippen LogP contribution in [0.25, 0.3) is 0 Å². The quantitative estimate of drug-likeness (QED) is 0.635. The molecule has 0 aliphatic rings. The van der Waals surface area contributed by atoms with E-state index in [0.717, 1.165) is 5.56 Å². The summed E-state index contributed by atoms with van der Waals surface area (Å²) in [5.41, 5.74) is 1.95. The number of nitrogens with one attached hydrogen (secondary N) is 2. The molecule has 0 unspecified atom stereocenters. The molecule has 3 rings (SSSR count). The van der Waals surface area contributed by atoms with Crippen LogP contribution in [0.5, 0.6) is 17.2 Å². The number of carbonyl (C=O) groups excluding carboxylic acids is 2. The first kappa shape index (κ1) is 19.9. The molecule has 3 aromatic rings. The van der Waals surface area contributed by atoms with Gasteiger partial charge in [0.05, 0.1) is 19.3 Å². The number of ether oxygens (including phenoxy) is 2. The first-order valence-electron chi connectivity index (χ1n) is 9.11. The van der Waals surface area contributed by atoms with E-state index in [0.29, 0.717) is 28.5 Å². The summed E-state index contributed by atoms with van der Waals surface area (Å²) in [6, 6.07) is 21.6. The molecule has 0 aliphatic heterocycles. The average molecular weight is 390 g/mol. The number of methoxy groups -OCH3 is 1. The molecule has 0 saturated carbocycles. The molecule has 0 radical (unpaired) electrons. The molecule has 148 valence electrons. The van der Waals surface area contributed by atoms with Gasteiger partial charge in [0.25, 0.3) is 5.91 Å². The zero-order chi connectivity index (χ0) is 20.6. The molecule has 6 nitrogen and oxygen atoms in total. The standard InChI is InChI=1S/C23H22N2O4/c1-16-11-12-21(28-2)20(13-16)25-22(26)15-24-23(27)17-7-6-10-19(14-17)29-18-8-4-3-5-9-18/h3-14H,15H2,1-2H3,(H,24,27)(H,25,26). The molecule has 6 heteroatoms. The molecule has 0 bridgehead atoms. The third-order valence-corrected chi connectivity index (χ3v) is 4.11. The fourth-order valence-electron chi connectivity index (χ4n) is 2.70. The van der Waals surface area contributed by atoms with Gasteiger partial charge in [0.2, 0.25) is 5.91 Å². The topological polar surface area (TPSA) is 76.7 Å². The van der Waals surface area contributed by atoms with Crippen molar-refractivity contribution in [3.63, 3.8) is 0 Å². The zero-order valence-electron chi connectivity index (χ0n) is 16.3. The first-order chi connectivity index (χ1) is 14.0. The van der Waals surface area contributed by atoms with Crippen LogP contribution in [0, 0.1) is 6.92 Å². The largest absolute Gasteiger partial charge is 0.495 e. The van der Waals surface area contributed by atoms with Gasteiger partial charge in [-0.25, -0.2) is 0 Å². The Kier molecular flexibility index (Phi) is 6.47. The van der Waals surface area contributed by atoms with Gasteiger partial charge in [-0.3, -0.25) is 9.59 Å². The number of benzene rings is 3. The van der Waals surface area contributed by atoms with E-state index in [4.69, 9.17) is 9.47 Å². The van der Waals surface area contributed by atoms with Crippen molar-refractivity contribution in [3.8, 4) is 17.2 Å². The van der Waals surface area contributed by atoms with E-state index in [1.165, 1.54) is 7.11 Å². The molecule has 0 saturated heterocycles. The smallest absolute Gasteiger partial charge is 0.251 e. The first-order valence-corrected chi connectivity index (χ1v) is 9.11. The Morgan fingerprint density at radius 2 is 1.66 bits per heavy atom. The summed E-state index contributed by atoms with van der Waals surface area (Å²) in [5, 5.41) is 5.36. The van der Waals surface area contributed by atoms with Crippen LogP contribution in [0.15, 0.2) is 72.8 Å². The SMILES string of the molecule is COc1ccc(C)cc1NC(=O)CNC(=O)c1cccc(Oc2ccccc2)c1. The van der Waals surface area contributed by atoms with Crippen molar-refractivity contribution in [1.29, 1.82) is 0 Å². The van der Waals surface area contributed by atoms with Crippen molar-refractivity contribution in [2.24, 2.45) is 0 Å². The Morgan fingerprint density at radius 1 is 0.897 bits per heavy atom. The van der Waals surface area contributed by atoms with Gasteiger partial charge in [-0.1, -0.05) is 30.3 Å². The highest BCUT2D eigenvalue weighted by Gasteiger charge is 2.11. The van der Waals surface area contributed by atoms with Crippen molar-refractivity contribution < 1.29 is 19.1 Å². The summed E-state index contributed by atoms with van der Waals surface area (Å²) in [7, 11) is 1.53. The van der Waals surface area contributed by atoms with Crippen molar-refractivity contribution in [2.45, 2.75) is 6.92 Å². The number of para-hydroxylation sites is 1. The van der Waals surface area contributed by atoms with Gasteiger partial charge in [0.1, 0.15) is 17.2 Å². The van der Waals surface area contributed by atoms with Crippen molar-refractivity contribution >= 4 is 17.5 Å². The minimum absolute atomic E-state index is 0.167. The Morgan fingerprint density at radius 3 is 2.41 bits per heavy atom. The number of hydrogen-bond acceptors (Lipinski definition) is 4. The molecule has 0 heterocycles. The van der Waals surface area contributed by atoms with Gasteiger partial charge in [-0.15, -0.1) is 0 Å². The highest BCUT2D eigenvalue weighted by molar-refractivity contribution is 6.00. The van der Waals surface area contributed by atoms with Gasteiger partial charge in [-0.2, -0.15) is 0 Å². The van der Waals surface area contributed by atoms with Crippen LogP contribution in [0.1, 0.15) is 15.9 Å². The summed E-state index contributed by atoms with van der Waals surface area (Å²) < 4.78 is 11.0. The van der Waals surface area contributed by atoms with Crippen LogP contribution < -0.4 is 20.1 Å². The normalized spacial score (nSPS) is 10.1. The summed E-state index contributed by atoms with van der Waals surface area (Å²) in [6.07, 6.45) is 0. The lowest BCUT2D eigenvalue weighted by atomic mass is 10.2. The molecule has 29 heavy (non-hydrogen) atoms. The lowest BCUT2D eigenvalue weighted by Gasteiger charge is -2.12. The maximum atomic E-state index is 12.4. The van der Waals surface area contributed by atoms with Crippen LogP contribution >= 0.6 is 0 Å². The highest BCUT2D eigenvalue weighted by atomic mass is 16.5. The molecular formula is C23H22N2O4. The van der Waals surface area contributed by atoms with E-state index in [2.05, 4.69) is 10.6 Å². The van der Waals surface area contributed by atoms with E-state index < -0.39 is 0 Å². The number of aryl methyl sites for hydroxylation is 1. The Hall–Kier alpha value is -3.80. The lowest BCUT2D eigenvalue weighted by molar-refractivity contribution is -0.115. The van der Waals surface area contributed by atoms with Crippen LogP contribution in [0.4, 0.5) is 5.69 Å². The molecule has 2 amide bonds. The Balaban J connectivity index is 1.59. The molecule has 2 N–H and O–H groups in total. The summed E-state index contributed by atoms with van der Waals surface area (Å²) >= 11 is 0. The molecule has 3 aromatic carbocycles. The summed E-state index contributed by atoms with van der Waals surface area (Å²) in [6.45, 7) is 1.75. The number of rotatable bonds is 7. The lowest BCUT2D eigenvalue weighted by Crippen LogP contribution is -2.32. The van der Waals surface area contributed by atoms with Gasteiger partial charge in [-0.05, 0) is 55.0 Å². The molecule has 0 atom stereocenters. The maximum absolute atomic E-state index is 12.4. The minimum Gasteiger partial charge on any atom is -0.495 e. The van der Waals surface area contributed by atoms with Gasteiger partial charge < -0.3 is 20.1 Å². The van der Waals surface area contributed by atoms with E-state index in [1.54, 1.807) is 30.3 Å². The van der Waals surface area contributed by atoms with Crippen LogP contribution in [-0.2, 0) is 4.79 Å². The highest BCUT2D eigenvalue weighted by Crippen LogP contribution is 2.25. The second kappa shape index (κ2) is 9.41. The predicted molar refractivity (Wildman–Crippen MR) is 112 cm³/mol. The van der Waals surface area contributed by atoms with Crippen molar-refractivity contribution in [2.75, 3.05) is 19.0 Å². The molecule has 0 spiro atoms.